The van der Waals surface area contributed by atoms with Crippen molar-refractivity contribution in [3.05, 3.63) is 87.9 Å². The minimum atomic E-state index is -0.647. The van der Waals surface area contributed by atoms with Crippen LogP contribution >= 0.6 is 0 Å². The molecule has 0 radical (unpaired) electrons. The fourth-order valence-electron chi connectivity index (χ4n) is 4.95. The summed E-state index contributed by atoms with van der Waals surface area (Å²) < 4.78 is 33.8. The molecule has 8 heteroatoms. The van der Waals surface area contributed by atoms with E-state index in [0.717, 1.165) is 18.4 Å². The molecule has 35 heavy (non-hydrogen) atoms. The fourth-order valence-corrected chi connectivity index (χ4v) is 4.95. The Morgan fingerprint density at radius 2 is 1.91 bits per heavy atom. The maximum absolute atomic E-state index is 13.9. The highest BCUT2D eigenvalue weighted by atomic mass is 19.1. The first-order valence-corrected chi connectivity index (χ1v) is 11.7. The number of amides is 2. The molecule has 1 aliphatic heterocycles. The van der Waals surface area contributed by atoms with Crippen molar-refractivity contribution in [3.8, 4) is 0 Å². The zero-order chi connectivity index (χ0) is 24.7. The molecule has 180 valence electrons. The van der Waals surface area contributed by atoms with Crippen LogP contribution in [0.15, 0.2) is 52.0 Å². The third-order valence-electron chi connectivity index (χ3n) is 6.72. The van der Waals surface area contributed by atoms with E-state index < -0.39 is 11.7 Å². The average molecular weight is 478 g/mol. The second-order valence-corrected chi connectivity index (χ2v) is 9.02. The van der Waals surface area contributed by atoms with Crippen LogP contribution in [0.5, 0.6) is 0 Å². The van der Waals surface area contributed by atoms with Crippen LogP contribution in [-0.4, -0.2) is 23.6 Å². The number of carbonyl (C=O) groups is 2. The van der Waals surface area contributed by atoms with Crippen molar-refractivity contribution in [2.45, 2.75) is 52.0 Å². The number of rotatable bonds is 3. The summed E-state index contributed by atoms with van der Waals surface area (Å²) in [5.74, 6) is -1.03. The van der Waals surface area contributed by atoms with Gasteiger partial charge in [0.15, 0.2) is 5.76 Å². The van der Waals surface area contributed by atoms with Crippen LogP contribution in [0.4, 0.5) is 14.5 Å². The summed E-state index contributed by atoms with van der Waals surface area (Å²) in [5, 5.41) is 4.27. The predicted molar refractivity (Wildman–Crippen MR) is 128 cm³/mol. The maximum atomic E-state index is 13.9. The Bertz CT molecular complexity index is 1360. The standard InChI is InChI=1S/C27H25F2N3O3/c1-15-10-11-17-14-18(28)12-13-22(17)32(15)27(34)25-16(2)24-21(8-5-9-23(24)35-25)30-31-26(33)19-6-3-4-7-20(19)29/h3-4,6-7,12-15H,5,8-11H2,1-2H3,(H,31,33)/b30-21+. The van der Waals surface area contributed by atoms with Gasteiger partial charge in [-0.1, -0.05) is 12.1 Å². The topological polar surface area (TPSA) is 74.9 Å². The zero-order valence-electron chi connectivity index (χ0n) is 19.5. The number of hydrogen-bond acceptors (Lipinski definition) is 4. The van der Waals surface area contributed by atoms with E-state index in [2.05, 4.69) is 10.5 Å². The number of aryl methyl sites for hydroxylation is 2. The molecule has 2 heterocycles. The number of nitrogens with zero attached hydrogens (tertiary/aromatic N) is 2. The fraction of sp³-hybridized carbons (Fsp3) is 0.296. The number of halogens is 2. The smallest absolute Gasteiger partial charge is 0.294 e. The van der Waals surface area contributed by atoms with Crippen molar-refractivity contribution >= 4 is 23.2 Å². The predicted octanol–water partition coefficient (Wildman–Crippen LogP) is 5.32. The Hall–Kier alpha value is -3.81. The second-order valence-electron chi connectivity index (χ2n) is 9.02. The van der Waals surface area contributed by atoms with Gasteiger partial charge in [-0.2, -0.15) is 5.10 Å². The van der Waals surface area contributed by atoms with E-state index in [-0.39, 0.29) is 29.1 Å². The molecule has 0 saturated carbocycles. The molecule has 2 amide bonds. The quantitative estimate of drug-likeness (QED) is 0.519. The summed E-state index contributed by atoms with van der Waals surface area (Å²) in [7, 11) is 0. The van der Waals surface area contributed by atoms with Gasteiger partial charge in [-0.15, -0.1) is 0 Å². The number of anilines is 1. The van der Waals surface area contributed by atoms with Gasteiger partial charge in [0.2, 0.25) is 0 Å². The largest absolute Gasteiger partial charge is 0.455 e. The maximum Gasteiger partial charge on any atom is 0.294 e. The molecule has 1 atom stereocenters. The number of benzene rings is 2. The van der Waals surface area contributed by atoms with Crippen molar-refractivity contribution < 1.29 is 22.8 Å². The van der Waals surface area contributed by atoms with Gasteiger partial charge in [-0.25, -0.2) is 14.2 Å². The van der Waals surface area contributed by atoms with Gasteiger partial charge in [0.05, 0.1) is 11.3 Å². The van der Waals surface area contributed by atoms with Crippen LogP contribution in [0.3, 0.4) is 0 Å². The van der Waals surface area contributed by atoms with Crippen LogP contribution in [0, 0.1) is 18.6 Å². The molecule has 2 aromatic carbocycles. The first kappa shape index (κ1) is 23.0. The SMILES string of the molecule is Cc1c(C(=O)N2c3ccc(F)cc3CCC2C)oc2c1/C(=N/NC(=O)c1ccccc1F)CCC2. The summed E-state index contributed by atoms with van der Waals surface area (Å²) in [5.41, 5.74) is 5.77. The average Bonchev–Trinajstić information content (AvgIpc) is 3.19. The molecule has 1 aromatic heterocycles. The monoisotopic (exact) mass is 477 g/mol. The summed E-state index contributed by atoms with van der Waals surface area (Å²) in [4.78, 5) is 27.8. The van der Waals surface area contributed by atoms with Crippen molar-refractivity contribution in [1.82, 2.24) is 5.43 Å². The van der Waals surface area contributed by atoms with E-state index in [1.807, 2.05) is 6.92 Å². The Morgan fingerprint density at radius 1 is 1.11 bits per heavy atom. The van der Waals surface area contributed by atoms with Gasteiger partial charge in [-0.05, 0) is 75.4 Å². The highest BCUT2D eigenvalue weighted by molar-refractivity contribution is 6.11. The molecule has 1 unspecified atom stereocenters. The van der Waals surface area contributed by atoms with Gasteiger partial charge in [-0.3, -0.25) is 9.59 Å². The van der Waals surface area contributed by atoms with Gasteiger partial charge >= 0.3 is 0 Å². The zero-order valence-corrected chi connectivity index (χ0v) is 19.5. The van der Waals surface area contributed by atoms with E-state index in [1.54, 1.807) is 24.0 Å². The molecule has 3 aromatic rings. The van der Waals surface area contributed by atoms with Gasteiger partial charge < -0.3 is 9.32 Å². The highest BCUT2D eigenvalue weighted by Gasteiger charge is 2.35. The van der Waals surface area contributed by atoms with E-state index in [9.17, 15) is 18.4 Å². The van der Waals surface area contributed by atoms with E-state index >= 15 is 0 Å². The van der Waals surface area contributed by atoms with Crippen molar-refractivity contribution in [3.63, 3.8) is 0 Å². The van der Waals surface area contributed by atoms with Crippen molar-refractivity contribution in [2.75, 3.05) is 4.90 Å². The summed E-state index contributed by atoms with van der Waals surface area (Å²) >= 11 is 0. The minimum absolute atomic E-state index is 0.0739. The number of carbonyl (C=O) groups excluding carboxylic acids is 2. The minimum Gasteiger partial charge on any atom is -0.455 e. The summed E-state index contributed by atoms with van der Waals surface area (Å²) in [6.45, 7) is 3.77. The number of fused-ring (bicyclic) bond motifs is 2. The normalized spacial score (nSPS) is 18.2. The third kappa shape index (κ3) is 4.13. The lowest BCUT2D eigenvalue weighted by molar-refractivity contribution is 0.0940. The van der Waals surface area contributed by atoms with E-state index in [1.165, 1.54) is 30.3 Å². The molecule has 5 rings (SSSR count). The van der Waals surface area contributed by atoms with Gasteiger partial charge in [0.25, 0.3) is 11.8 Å². The van der Waals surface area contributed by atoms with Gasteiger partial charge in [0, 0.05) is 29.3 Å². The number of hydrogen-bond donors (Lipinski definition) is 1. The summed E-state index contributed by atoms with van der Waals surface area (Å²) in [6, 6.07) is 10.1. The summed E-state index contributed by atoms with van der Waals surface area (Å²) in [6.07, 6.45) is 3.38. The van der Waals surface area contributed by atoms with Crippen LogP contribution in [0.25, 0.3) is 0 Å². The van der Waals surface area contributed by atoms with Gasteiger partial charge in [0.1, 0.15) is 17.4 Å². The molecule has 1 aliphatic carbocycles. The first-order chi connectivity index (χ1) is 16.8. The molecule has 0 bridgehead atoms. The molecular weight excluding hydrogens is 452 g/mol. The molecule has 1 N–H and O–H groups in total. The van der Waals surface area contributed by atoms with Crippen molar-refractivity contribution in [2.24, 2.45) is 5.10 Å². The molecular formula is C27H25F2N3O3. The van der Waals surface area contributed by atoms with E-state index in [0.29, 0.717) is 47.5 Å². The Morgan fingerprint density at radius 3 is 2.71 bits per heavy atom. The highest BCUT2D eigenvalue weighted by Crippen LogP contribution is 2.36. The van der Waals surface area contributed by atoms with Crippen LogP contribution in [-0.2, 0) is 12.8 Å². The van der Waals surface area contributed by atoms with Crippen molar-refractivity contribution in [1.29, 1.82) is 0 Å². The van der Waals surface area contributed by atoms with Crippen LogP contribution in [0.2, 0.25) is 0 Å². The molecule has 2 aliphatic rings. The van der Waals surface area contributed by atoms with E-state index in [4.69, 9.17) is 4.42 Å². The first-order valence-electron chi connectivity index (χ1n) is 11.7. The third-order valence-corrected chi connectivity index (χ3v) is 6.72. The molecule has 0 saturated heterocycles. The second kappa shape index (κ2) is 9.09. The van der Waals surface area contributed by atoms with Crippen LogP contribution < -0.4 is 10.3 Å². The Kier molecular flexibility index (Phi) is 5.96. The molecule has 0 spiro atoms. The molecule has 6 nitrogen and oxygen atoms in total. The van der Waals surface area contributed by atoms with Crippen LogP contribution in [0.1, 0.15) is 69.5 Å². The number of nitrogens with one attached hydrogen (secondary N) is 1. The number of hydrazone groups is 1. The molecule has 0 fully saturated rings. The lowest BCUT2D eigenvalue weighted by Gasteiger charge is -2.34. The lowest BCUT2D eigenvalue weighted by atomic mass is 9.92. The lowest BCUT2D eigenvalue weighted by Crippen LogP contribution is -2.42. The number of furan rings is 1. The Labute approximate surface area is 201 Å². The Balaban J connectivity index is 1.46.